The predicted molar refractivity (Wildman–Crippen MR) is 80.8 cm³/mol. The van der Waals surface area contributed by atoms with Gasteiger partial charge >= 0.3 is 5.97 Å². The summed E-state index contributed by atoms with van der Waals surface area (Å²) in [5, 5.41) is 15.6. The first kappa shape index (κ1) is 16.7. The van der Waals surface area contributed by atoms with Crippen molar-refractivity contribution in [3.05, 3.63) is 53.4 Å². The standard InChI is InChI=1S/C16H18N2O5/c1-16(2,13-11(15(20)21)9-23-18-13)17-14(19)12(22-3)10-7-5-4-6-8-10/h4-9,12H,1-3H3,(H,17,19)(H,20,21)/t12-/m1/s1. The number of ether oxygens (including phenoxy) is 1. The van der Waals surface area contributed by atoms with Gasteiger partial charge in [0, 0.05) is 7.11 Å². The fraction of sp³-hybridized carbons (Fsp3) is 0.312. The van der Waals surface area contributed by atoms with Gasteiger partial charge in [-0.3, -0.25) is 4.79 Å². The van der Waals surface area contributed by atoms with E-state index >= 15 is 0 Å². The van der Waals surface area contributed by atoms with Crippen molar-refractivity contribution in [3.63, 3.8) is 0 Å². The summed E-state index contributed by atoms with van der Waals surface area (Å²) in [6.45, 7) is 3.29. The van der Waals surface area contributed by atoms with Gasteiger partial charge in [-0.2, -0.15) is 0 Å². The van der Waals surface area contributed by atoms with Crippen LogP contribution in [-0.2, 0) is 15.1 Å². The van der Waals surface area contributed by atoms with Gasteiger partial charge in [-0.1, -0.05) is 35.5 Å². The van der Waals surface area contributed by atoms with Crippen LogP contribution < -0.4 is 5.32 Å². The van der Waals surface area contributed by atoms with Gasteiger partial charge in [0.15, 0.2) is 6.10 Å². The lowest BCUT2D eigenvalue weighted by Crippen LogP contribution is -2.44. The molecular formula is C16H18N2O5. The first-order valence-corrected chi connectivity index (χ1v) is 6.94. The third-order valence-electron chi connectivity index (χ3n) is 3.40. The van der Waals surface area contributed by atoms with Gasteiger partial charge < -0.3 is 19.7 Å². The Bertz CT molecular complexity index is 694. The van der Waals surface area contributed by atoms with Crippen molar-refractivity contribution < 1.29 is 24.0 Å². The number of benzene rings is 1. The maximum atomic E-state index is 12.5. The van der Waals surface area contributed by atoms with Crippen molar-refractivity contribution in [3.8, 4) is 0 Å². The van der Waals surface area contributed by atoms with Gasteiger partial charge in [0.2, 0.25) is 0 Å². The smallest absolute Gasteiger partial charge is 0.341 e. The molecular weight excluding hydrogens is 300 g/mol. The van der Waals surface area contributed by atoms with Crippen LogP contribution in [0.3, 0.4) is 0 Å². The van der Waals surface area contributed by atoms with Crippen LogP contribution in [0.1, 0.15) is 41.6 Å². The maximum Gasteiger partial charge on any atom is 0.341 e. The van der Waals surface area contributed by atoms with Gasteiger partial charge in [0.1, 0.15) is 17.5 Å². The molecule has 0 saturated heterocycles. The number of aromatic carboxylic acids is 1. The number of carbonyl (C=O) groups excluding carboxylic acids is 1. The number of methoxy groups -OCH3 is 1. The summed E-state index contributed by atoms with van der Waals surface area (Å²) in [6.07, 6.45) is 0.229. The molecule has 1 heterocycles. The molecule has 7 nitrogen and oxygen atoms in total. The second-order valence-corrected chi connectivity index (χ2v) is 5.52. The summed E-state index contributed by atoms with van der Waals surface area (Å²) >= 11 is 0. The molecule has 2 rings (SSSR count). The first-order chi connectivity index (χ1) is 10.9. The highest BCUT2D eigenvalue weighted by molar-refractivity contribution is 5.89. The van der Waals surface area contributed by atoms with Crippen molar-refractivity contribution in [1.29, 1.82) is 0 Å². The van der Waals surface area contributed by atoms with Gasteiger partial charge in [0.25, 0.3) is 5.91 Å². The van der Waals surface area contributed by atoms with E-state index in [9.17, 15) is 9.59 Å². The molecule has 2 aromatic rings. The van der Waals surface area contributed by atoms with Crippen molar-refractivity contribution in [2.24, 2.45) is 0 Å². The van der Waals surface area contributed by atoms with E-state index in [2.05, 4.69) is 10.5 Å². The molecule has 1 atom stereocenters. The van der Waals surface area contributed by atoms with Crippen molar-refractivity contribution in [1.82, 2.24) is 10.5 Å². The monoisotopic (exact) mass is 318 g/mol. The number of nitrogens with zero attached hydrogens (tertiary/aromatic N) is 1. The number of nitrogens with one attached hydrogen (secondary N) is 1. The van der Waals surface area contributed by atoms with Gasteiger partial charge in [-0.25, -0.2) is 4.79 Å². The molecule has 7 heteroatoms. The van der Waals surface area contributed by atoms with Crippen molar-refractivity contribution in [2.75, 3.05) is 7.11 Å². The van der Waals surface area contributed by atoms with E-state index in [1.165, 1.54) is 7.11 Å². The van der Waals surface area contributed by atoms with E-state index in [0.29, 0.717) is 5.56 Å². The number of hydrogen-bond donors (Lipinski definition) is 2. The van der Waals surface area contributed by atoms with E-state index < -0.39 is 23.5 Å². The average Bonchev–Trinajstić information content (AvgIpc) is 2.99. The average molecular weight is 318 g/mol. The second kappa shape index (κ2) is 6.62. The number of carbonyl (C=O) groups is 2. The molecule has 2 N–H and O–H groups in total. The predicted octanol–water partition coefficient (Wildman–Crippen LogP) is 2.11. The van der Waals surface area contributed by atoms with E-state index in [1.807, 2.05) is 6.07 Å². The Labute approximate surface area is 133 Å². The Morgan fingerprint density at radius 1 is 1.30 bits per heavy atom. The Morgan fingerprint density at radius 3 is 2.52 bits per heavy atom. The normalized spacial score (nSPS) is 12.7. The molecule has 122 valence electrons. The highest BCUT2D eigenvalue weighted by Gasteiger charge is 2.34. The quantitative estimate of drug-likeness (QED) is 0.846. The lowest BCUT2D eigenvalue weighted by molar-refractivity contribution is -0.133. The molecule has 1 amide bonds. The highest BCUT2D eigenvalue weighted by atomic mass is 16.5. The molecule has 0 saturated carbocycles. The molecule has 23 heavy (non-hydrogen) atoms. The zero-order valence-corrected chi connectivity index (χ0v) is 13.1. The number of aromatic nitrogens is 1. The van der Waals surface area contributed by atoms with E-state index in [4.69, 9.17) is 14.4 Å². The summed E-state index contributed by atoms with van der Waals surface area (Å²) in [6, 6.07) is 9.01. The Hall–Kier alpha value is -2.67. The highest BCUT2D eigenvalue weighted by Crippen LogP contribution is 2.25. The maximum absolute atomic E-state index is 12.5. The van der Waals surface area contributed by atoms with Crippen LogP contribution >= 0.6 is 0 Å². The summed E-state index contributed by atoms with van der Waals surface area (Å²) in [4.78, 5) is 23.7. The van der Waals surface area contributed by atoms with Crippen LogP contribution in [0.25, 0.3) is 0 Å². The molecule has 1 aromatic heterocycles. The van der Waals surface area contributed by atoms with Crippen LogP contribution in [0.5, 0.6) is 0 Å². The summed E-state index contributed by atoms with van der Waals surface area (Å²) in [5.74, 6) is -1.57. The fourth-order valence-electron chi connectivity index (χ4n) is 2.29. The molecule has 0 aliphatic heterocycles. The van der Waals surface area contributed by atoms with E-state index in [-0.39, 0.29) is 11.3 Å². The van der Waals surface area contributed by atoms with Gasteiger partial charge in [0.05, 0.1) is 5.54 Å². The third-order valence-corrected chi connectivity index (χ3v) is 3.40. The van der Waals surface area contributed by atoms with Crippen LogP contribution in [0.15, 0.2) is 41.1 Å². The van der Waals surface area contributed by atoms with Crippen LogP contribution in [0, 0.1) is 0 Å². The zero-order valence-electron chi connectivity index (χ0n) is 13.1. The van der Waals surface area contributed by atoms with Gasteiger partial charge in [-0.15, -0.1) is 0 Å². The Balaban J connectivity index is 2.23. The van der Waals surface area contributed by atoms with Crippen LogP contribution in [0.2, 0.25) is 0 Å². The zero-order chi connectivity index (χ0) is 17.0. The van der Waals surface area contributed by atoms with E-state index in [1.54, 1.807) is 38.1 Å². The molecule has 0 aliphatic rings. The van der Waals surface area contributed by atoms with Gasteiger partial charge in [-0.05, 0) is 19.4 Å². The topological polar surface area (TPSA) is 102 Å². The molecule has 1 aromatic carbocycles. The van der Waals surface area contributed by atoms with Crippen LogP contribution in [-0.4, -0.2) is 29.2 Å². The van der Waals surface area contributed by atoms with Crippen molar-refractivity contribution >= 4 is 11.9 Å². The summed E-state index contributed by atoms with van der Waals surface area (Å²) in [5.41, 5.74) is -0.296. The Morgan fingerprint density at radius 2 is 1.96 bits per heavy atom. The minimum atomic E-state index is -1.17. The molecule has 0 spiro atoms. The molecule has 0 radical (unpaired) electrons. The first-order valence-electron chi connectivity index (χ1n) is 6.94. The molecule has 0 bridgehead atoms. The Kier molecular flexibility index (Phi) is 4.80. The van der Waals surface area contributed by atoms with Crippen LogP contribution in [0.4, 0.5) is 0 Å². The summed E-state index contributed by atoms with van der Waals surface area (Å²) in [7, 11) is 1.43. The molecule has 0 aliphatic carbocycles. The lowest BCUT2D eigenvalue weighted by atomic mass is 9.96. The number of amides is 1. The third kappa shape index (κ3) is 3.57. The number of carboxylic acids is 1. The lowest BCUT2D eigenvalue weighted by Gasteiger charge is -2.27. The minimum absolute atomic E-state index is 0.0935. The fourth-order valence-corrected chi connectivity index (χ4v) is 2.29. The van der Waals surface area contributed by atoms with E-state index in [0.717, 1.165) is 6.26 Å². The summed E-state index contributed by atoms with van der Waals surface area (Å²) < 4.78 is 10.00. The SMILES string of the molecule is CO[C@@H](C(=O)NC(C)(C)c1nocc1C(=O)O)c1ccccc1. The number of carboxylic acid groups (broad SMARTS) is 1. The largest absolute Gasteiger partial charge is 0.478 e. The van der Waals surface area contributed by atoms with Crippen molar-refractivity contribution in [2.45, 2.75) is 25.5 Å². The molecule has 0 fully saturated rings. The number of rotatable bonds is 6. The number of hydrogen-bond acceptors (Lipinski definition) is 5. The minimum Gasteiger partial charge on any atom is -0.478 e. The molecule has 0 unspecified atom stereocenters. The second-order valence-electron chi connectivity index (χ2n) is 5.52.